The molecule has 0 saturated carbocycles. The van der Waals surface area contributed by atoms with Crippen LogP contribution in [0.4, 0.5) is 0 Å². The minimum absolute atomic E-state index is 0.0847. The molecule has 0 unspecified atom stereocenters. The first-order valence-electron chi connectivity index (χ1n) is 7.26. The predicted octanol–water partition coefficient (Wildman–Crippen LogP) is 4.89. The number of nitrogens with zero attached hydrogens (tertiary/aromatic N) is 1. The summed E-state index contributed by atoms with van der Waals surface area (Å²) < 4.78 is 0. The Balaban J connectivity index is 3.42. The second-order valence-corrected chi connectivity index (χ2v) is 6.08. The maximum atomic E-state index is 4.41. The van der Waals surface area contributed by atoms with E-state index in [1.807, 2.05) is 0 Å². The molecule has 0 heterocycles. The van der Waals surface area contributed by atoms with Crippen LogP contribution in [0.3, 0.4) is 0 Å². The molecule has 0 fully saturated rings. The SMILES string of the molecule is CCCCCCCCC/C(C)=N/NC(C)(C)C. The first kappa shape index (κ1) is 16.5. The predicted molar refractivity (Wildman–Crippen MR) is 78.6 cm³/mol. The van der Waals surface area contributed by atoms with E-state index in [0.29, 0.717) is 0 Å². The van der Waals surface area contributed by atoms with E-state index in [4.69, 9.17) is 0 Å². The van der Waals surface area contributed by atoms with Gasteiger partial charge in [0.15, 0.2) is 0 Å². The van der Waals surface area contributed by atoms with E-state index in [-0.39, 0.29) is 5.54 Å². The average molecular weight is 240 g/mol. The van der Waals surface area contributed by atoms with Crippen LogP contribution in [0.25, 0.3) is 0 Å². The van der Waals surface area contributed by atoms with E-state index < -0.39 is 0 Å². The van der Waals surface area contributed by atoms with Crippen molar-refractivity contribution in [2.45, 2.75) is 91.5 Å². The molecule has 0 aromatic rings. The molecule has 102 valence electrons. The molecule has 0 spiro atoms. The van der Waals surface area contributed by atoms with E-state index in [2.05, 4.69) is 45.1 Å². The van der Waals surface area contributed by atoms with E-state index in [1.165, 1.54) is 50.7 Å². The van der Waals surface area contributed by atoms with Gasteiger partial charge in [0.1, 0.15) is 0 Å². The fourth-order valence-electron chi connectivity index (χ4n) is 1.66. The molecule has 0 atom stereocenters. The van der Waals surface area contributed by atoms with Crippen molar-refractivity contribution in [2.24, 2.45) is 5.10 Å². The topological polar surface area (TPSA) is 24.4 Å². The highest BCUT2D eigenvalue weighted by Crippen LogP contribution is 2.09. The minimum Gasteiger partial charge on any atom is -0.305 e. The lowest BCUT2D eigenvalue weighted by Gasteiger charge is -2.18. The molecule has 17 heavy (non-hydrogen) atoms. The molecule has 0 aliphatic carbocycles. The Morgan fingerprint density at radius 2 is 1.47 bits per heavy atom. The molecule has 0 radical (unpaired) electrons. The first-order chi connectivity index (χ1) is 7.95. The third-order valence-corrected chi connectivity index (χ3v) is 2.72. The Bertz CT molecular complexity index is 201. The maximum Gasteiger partial charge on any atom is 0.0464 e. The molecule has 2 heteroatoms. The summed E-state index contributed by atoms with van der Waals surface area (Å²) in [5.74, 6) is 0. The highest BCUT2D eigenvalue weighted by molar-refractivity contribution is 5.81. The van der Waals surface area contributed by atoms with Crippen molar-refractivity contribution in [1.82, 2.24) is 5.43 Å². The van der Waals surface area contributed by atoms with Crippen LogP contribution >= 0.6 is 0 Å². The van der Waals surface area contributed by atoms with E-state index in [1.54, 1.807) is 0 Å². The zero-order chi connectivity index (χ0) is 13.1. The second-order valence-electron chi connectivity index (χ2n) is 6.08. The number of hydrogen-bond donors (Lipinski definition) is 1. The van der Waals surface area contributed by atoms with Gasteiger partial charge in [-0.1, -0.05) is 45.4 Å². The van der Waals surface area contributed by atoms with Gasteiger partial charge in [-0.15, -0.1) is 0 Å². The molecule has 1 N–H and O–H groups in total. The van der Waals surface area contributed by atoms with Crippen molar-refractivity contribution in [1.29, 1.82) is 0 Å². The summed E-state index contributed by atoms with van der Waals surface area (Å²) in [4.78, 5) is 0. The lowest BCUT2D eigenvalue weighted by molar-refractivity contribution is 0.440. The summed E-state index contributed by atoms with van der Waals surface area (Å²) in [5, 5.41) is 4.41. The van der Waals surface area contributed by atoms with Gasteiger partial charge in [0.05, 0.1) is 0 Å². The molecule has 0 aliphatic rings. The van der Waals surface area contributed by atoms with E-state index in [9.17, 15) is 0 Å². The van der Waals surface area contributed by atoms with Crippen molar-refractivity contribution in [3.05, 3.63) is 0 Å². The molecule has 0 aromatic heterocycles. The monoisotopic (exact) mass is 240 g/mol. The summed E-state index contributed by atoms with van der Waals surface area (Å²) in [7, 11) is 0. The molecule has 0 aromatic carbocycles. The van der Waals surface area contributed by atoms with Gasteiger partial charge in [-0.3, -0.25) is 0 Å². The fourth-order valence-corrected chi connectivity index (χ4v) is 1.66. The van der Waals surface area contributed by atoms with Gasteiger partial charge in [0, 0.05) is 11.3 Å². The lowest BCUT2D eigenvalue weighted by Crippen LogP contribution is -2.32. The van der Waals surface area contributed by atoms with Gasteiger partial charge in [0.25, 0.3) is 0 Å². The maximum absolute atomic E-state index is 4.41. The van der Waals surface area contributed by atoms with E-state index in [0.717, 1.165) is 6.42 Å². The highest BCUT2D eigenvalue weighted by atomic mass is 15.3. The zero-order valence-corrected chi connectivity index (χ0v) is 12.6. The van der Waals surface area contributed by atoms with Crippen molar-refractivity contribution in [2.75, 3.05) is 0 Å². The van der Waals surface area contributed by atoms with Crippen LogP contribution in [0.2, 0.25) is 0 Å². The Morgan fingerprint density at radius 1 is 0.941 bits per heavy atom. The molecule has 0 amide bonds. The summed E-state index contributed by atoms with van der Waals surface area (Å²) in [5.41, 5.74) is 4.49. The summed E-state index contributed by atoms with van der Waals surface area (Å²) in [6.45, 7) is 10.8. The number of hydrazone groups is 1. The van der Waals surface area contributed by atoms with Gasteiger partial charge in [0.2, 0.25) is 0 Å². The quantitative estimate of drug-likeness (QED) is 0.346. The zero-order valence-electron chi connectivity index (χ0n) is 12.6. The standard InChI is InChI=1S/C15H32N2/c1-6-7-8-9-10-11-12-13-14(2)16-17-15(3,4)5/h17H,6-13H2,1-5H3/b16-14+. The van der Waals surface area contributed by atoms with Crippen LogP contribution in [-0.2, 0) is 0 Å². The van der Waals surface area contributed by atoms with Crippen LogP contribution in [0, 0.1) is 0 Å². The van der Waals surface area contributed by atoms with Crippen LogP contribution in [0.5, 0.6) is 0 Å². The largest absolute Gasteiger partial charge is 0.305 e. The minimum atomic E-state index is 0.0847. The van der Waals surface area contributed by atoms with Gasteiger partial charge in [-0.2, -0.15) is 5.10 Å². The molecule has 0 saturated heterocycles. The second kappa shape index (κ2) is 9.49. The van der Waals surface area contributed by atoms with Crippen molar-refractivity contribution in [3.63, 3.8) is 0 Å². The van der Waals surface area contributed by atoms with Crippen LogP contribution < -0.4 is 5.43 Å². The summed E-state index contributed by atoms with van der Waals surface area (Å²) in [6.07, 6.45) is 10.7. The van der Waals surface area contributed by atoms with Gasteiger partial charge < -0.3 is 5.43 Å². The number of unbranched alkanes of at least 4 members (excludes halogenated alkanes) is 6. The van der Waals surface area contributed by atoms with Crippen molar-refractivity contribution in [3.8, 4) is 0 Å². The molecule has 2 nitrogen and oxygen atoms in total. The molecule has 0 rings (SSSR count). The molecule has 0 bridgehead atoms. The Hall–Kier alpha value is -0.530. The third kappa shape index (κ3) is 13.4. The molecular weight excluding hydrogens is 208 g/mol. The average Bonchev–Trinajstić information content (AvgIpc) is 2.24. The fraction of sp³-hybridized carbons (Fsp3) is 0.933. The molecule has 0 aliphatic heterocycles. The summed E-state index contributed by atoms with van der Waals surface area (Å²) in [6, 6.07) is 0. The summed E-state index contributed by atoms with van der Waals surface area (Å²) >= 11 is 0. The normalized spacial score (nSPS) is 12.9. The van der Waals surface area contributed by atoms with Crippen LogP contribution in [-0.4, -0.2) is 11.3 Å². The first-order valence-corrected chi connectivity index (χ1v) is 7.26. The smallest absolute Gasteiger partial charge is 0.0464 e. The van der Waals surface area contributed by atoms with Crippen molar-refractivity contribution < 1.29 is 0 Å². The van der Waals surface area contributed by atoms with Crippen LogP contribution in [0.1, 0.15) is 86.0 Å². The number of rotatable bonds is 9. The molecular formula is C15H32N2. The van der Waals surface area contributed by atoms with Crippen molar-refractivity contribution >= 4 is 5.71 Å². The highest BCUT2D eigenvalue weighted by Gasteiger charge is 2.06. The Kier molecular flexibility index (Phi) is 9.20. The van der Waals surface area contributed by atoms with Gasteiger partial charge in [-0.05, 0) is 40.5 Å². The van der Waals surface area contributed by atoms with Gasteiger partial charge >= 0.3 is 0 Å². The third-order valence-electron chi connectivity index (χ3n) is 2.72. The van der Waals surface area contributed by atoms with Crippen LogP contribution in [0.15, 0.2) is 5.10 Å². The Labute approximate surface area is 108 Å². The lowest BCUT2D eigenvalue weighted by atomic mass is 10.1. The Morgan fingerprint density at radius 3 is 2.00 bits per heavy atom. The van der Waals surface area contributed by atoms with Gasteiger partial charge in [-0.25, -0.2) is 0 Å². The number of hydrogen-bond acceptors (Lipinski definition) is 2. The number of nitrogens with one attached hydrogen (secondary N) is 1. The van der Waals surface area contributed by atoms with E-state index >= 15 is 0 Å².